The SMILES string of the molecule is Cc1nn(C)c(C)c1S(=O)(=O)NNC(=O)CC12CC3CC(CC(C3)C1)C2. The molecule has 4 saturated carbocycles. The third-order valence-electron chi connectivity index (χ3n) is 6.74. The molecule has 1 aromatic rings. The van der Waals surface area contributed by atoms with E-state index in [1.54, 1.807) is 20.9 Å². The Morgan fingerprint density at radius 3 is 2.15 bits per heavy atom. The number of carbonyl (C=O) groups excluding carboxylic acids is 1. The van der Waals surface area contributed by atoms with E-state index in [1.165, 1.54) is 23.9 Å². The van der Waals surface area contributed by atoms with Gasteiger partial charge in [-0.3, -0.25) is 14.9 Å². The van der Waals surface area contributed by atoms with Gasteiger partial charge in [0.05, 0.1) is 11.4 Å². The second kappa shape index (κ2) is 6.05. The lowest BCUT2D eigenvalue weighted by molar-refractivity contribution is -0.129. The zero-order valence-electron chi connectivity index (χ0n) is 15.7. The van der Waals surface area contributed by atoms with Crippen LogP contribution in [0.4, 0.5) is 0 Å². The van der Waals surface area contributed by atoms with Crippen molar-refractivity contribution < 1.29 is 13.2 Å². The highest BCUT2D eigenvalue weighted by atomic mass is 32.2. The first-order valence-electron chi connectivity index (χ1n) is 9.48. The van der Waals surface area contributed by atoms with Gasteiger partial charge >= 0.3 is 0 Å². The van der Waals surface area contributed by atoms with Crippen LogP contribution in [0.1, 0.15) is 56.3 Å². The number of aromatic nitrogens is 2. The minimum Gasteiger partial charge on any atom is -0.278 e. The Morgan fingerprint density at radius 1 is 1.15 bits per heavy atom. The van der Waals surface area contributed by atoms with Gasteiger partial charge < -0.3 is 0 Å². The highest BCUT2D eigenvalue weighted by Crippen LogP contribution is 2.61. The van der Waals surface area contributed by atoms with Crippen molar-refractivity contribution in [1.29, 1.82) is 0 Å². The molecule has 4 aliphatic rings. The van der Waals surface area contributed by atoms with Crippen LogP contribution < -0.4 is 10.3 Å². The number of aryl methyl sites for hydroxylation is 2. The molecule has 0 aromatic carbocycles. The molecular formula is C18H28N4O3S. The Balaban J connectivity index is 1.41. The lowest BCUT2D eigenvalue weighted by Gasteiger charge is -2.56. The van der Waals surface area contributed by atoms with E-state index in [-0.39, 0.29) is 16.2 Å². The van der Waals surface area contributed by atoms with Crippen LogP contribution in [0, 0.1) is 37.0 Å². The summed E-state index contributed by atoms with van der Waals surface area (Å²) in [5, 5.41) is 4.14. The average molecular weight is 381 g/mol. The Labute approximate surface area is 154 Å². The summed E-state index contributed by atoms with van der Waals surface area (Å²) in [5.74, 6) is 2.08. The van der Waals surface area contributed by atoms with E-state index in [0.29, 0.717) is 17.8 Å². The van der Waals surface area contributed by atoms with Gasteiger partial charge in [0.25, 0.3) is 10.0 Å². The van der Waals surface area contributed by atoms with E-state index in [2.05, 4.69) is 15.4 Å². The number of nitrogens with one attached hydrogen (secondary N) is 2. The number of carbonyl (C=O) groups is 1. The van der Waals surface area contributed by atoms with Crippen molar-refractivity contribution in [2.75, 3.05) is 0 Å². The van der Waals surface area contributed by atoms with E-state index in [9.17, 15) is 13.2 Å². The summed E-state index contributed by atoms with van der Waals surface area (Å²) in [6.07, 6.45) is 7.77. The van der Waals surface area contributed by atoms with Gasteiger partial charge in [0.2, 0.25) is 5.91 Å². The molecule has 0 saturated heterocycles. The minimum absolute atomic E-state index is 0.0877. The largest absolute Gasteiger partial charge is 0.278 e. The first kappa shape index (κ1) is 18.0. The molecular weight excluding hydrogens is 352 g/mol. The maximum absolute atomic E-state index is 12.6. The number of rotatable bonds is 5. The molecule has 0 radical (unpaired) electrons. The Kier molecular flexibility index (Phi) is 4.19. The molecule has 1 aromatic heterocycles. The Hall–Kier alpha value is -1.41. The molecule has 5 rings (SSSR count). The smallest absolute Gasteiger partial charge is 0.261 e. The van der Waals surface area contributed by atoms with E-state index < -0.39 is 10.0 Å². The van der Waals surface area contributed by atoms with Crippen LogP contribution >= 0.6 is 0 Å². The number of hydrazine groups is 1. The summed E-state index contributed by atoms with van der Waals surface area (Å²) in [7, 11) is -2.13. The molecule has 4 aliphatic carbocycles. The normalized spacial score (nSPS) is 32.8. The molecule has 4 fully saturated rings. The molecule has 144 valence electrons. The second-order valence-corrected chi connectivity index (χ2v) is 10.5. The third-order valence-corrected chi connectivity index (χ3v) is 8.24. The van der Waals surface area contributed by atoms with Gasteiger partial charge in [-0.15, -0.1) is 4.83 Å². The highest BCUT2D eigenvalue weighted by molar-refractivity contribution is 7.89. The molecule has 0 spiro atoms. The molecule has 0 unspecified atom stereocenters. The number of hydrogen-bond donors (Lipinski definition) is 2. The molecule has 1 amide bonds. The average Bonchev–Trinajstić information content (AvgIpc) is 2.77. The second-order valence-electron chi connectivity index (χ2n) is 8.87. The Morgan fingerprint density at radius 2 is 1.69 bits per heavy atom. The van der Waals surface area contributed by atoms with E-state index in [1.807, 2.05) is 0 Å². The molecule has 2 N–H and O–H groups in total. The minimum atomic E-state index is -3.83. The van der Waals surface area contributed by atoms with Crippen LogP contribution in [0.15, 0.2) is 4.90 Å². The van der Waals surface area contributed by atoms with Crippen molar-refractivity contribution in [3.63, 3.8) is 0 Å². The fraction of sp³-hybridized carbons (Fsp3) is 0.778. The van der Waals surface area contributed by atoms with Gasteiger partial charge in [-0.25, -0.2) is 8.42 Å². The van der Waals surface area contributed by atoms with Gasteiger partial charge in [0.15, 0.2) is 0 Å². The fourth-order valence-corrected chi connectivity index (χ4v) is 7.51. The monoisotopic (exact) mass is 380 g/mol. The van der Waals surface area contributed by atoms with E-state index >= 15 is 0 Å². The summed E-state index contributed by atoms with van der Waals surface area (Å²) in [6.45, 7) is 3.35. The highest BCUT2D eigenvalue weighted by Gasteiger charge is 2.51. The van der Waals surface area contributed by atoms with E-state index in [0.717, 1.165) is 37.0 Å². The quantitative estimate of drug-likeness (QED) is 0.764. The van der Waals surface area contributed by atoms with Gasteiger partial charge in [-0.2, -0.15) is 5.10 Å². The van der Waals surface area contributed by atoms with Crippen molar-refractivity contribution >= 4 is 15.9 Å². The zero-order chi connectivity index (χ0) is 18.7. The molecule has 26 heavy (non-hydrogen) atoms. The molecule has 1 heterocycles. The van der Waals surface area contributed by atoms with Crippen LogP contribution in [0.5, 0.6) is 0 Å². The summed E-state index contributed by atoms with van der Waals surface area (Å²) >= 11 is 0. The summed E-state index contributed by atoms with van der Waals surface area (Å²) in [5.41, 5.74) is 3.50. The predicted octanol–water partition coefficient (Wildman–Crippen LogP) is 1.95. The topological polar surface area (TPSA) is 93.1 Å². The number of nitrogens with zero attached hydrogens (tertiary/aromatic N) is 2. The third kappa shape index (κ3) is 3.07. The Bertz CT molecular complexity index is 808. The van der Waals surface area contributed by atoms with Crippen molar-refractivity contribution in [3.8, 4) is 0 Å². The molecule has 7 nitrogen and oxygen atoms in total. The van der Waals surface area contributed by atoms with Crippen LogP contribution in [-0.4, -0.2) is 24.1 Å². The zero-order valence-corrected chi connectivity index (χ0v) is 16.5. The van der Waals surface area contributed by atoms with Crippen molar-refractivity contribution in [2.24, 2.45) is 30.2 Å². The predicted molar refractivity (Wildman–Crippen MR) is 96.4 cm³/mol. The van der Waals surface area contributed by atoms with Gasteiger partial charge in [-0.05, 0) is 75.5 Å². The first-order chi connectivity index (χ1) is 12.2. The summed E-state index contributed by atoms with van der Waals surface area (Å²) in [4.78, 5) is 14.9. The van der Waals surface area contributed by atoms with Gasteiger partial charge in [0, 0.05) is 13.5 Å². The molecule has 0 aliphatic heterocycles. The lowest BCUT2D eigenvalue weighted by atomic mass is 9.49. The number of amides is 1. The first-order valence-corrected chi connectivity index (χ1v) is 11.0. The maximum atomic E-state index is 12.6. The molecule has 0 atom stereocenters. The van der Waals surface area contributed by atoms with Crippen LogP contribution in [0.3, 0.4) is 0 Å². The van der Waals surface area contributed by atoms with Gasteiger partial charge in [0.1, 0.15) is 4.90 Å². The van der Waals surface area contributed by atoms with Crippen molar-refractivity contribution in [2.45, 2.75) is 63.7 Å². The number of hydrogen-bond acceptors (Lipinski definition) is 4. The van der Waals surface area contributed by atoms with Gasteiger partial charge in [-0.1, -0.05) is 0 Å². The van der Waals surface area contributed by atoms with Crippen molar-refractivity contribution in [1.82, 2.24) is 20.0 Å². The van der Waals surface area contributed by atoms with Crippen LogP contribution in [0.25, 0.3) is 0 Å². The number of sulfonamides is 1. The summed E-state index contributed by atoms with van der Waals surface area (Å²) in [6, 6.07) is 0. The summed E-state index contributed by atoms with van der Waals surface area (Å²) < 4.78 is 26.7. The molecule has 4 bridgehead atoms. The fourth-order valence-electron chi connectivity index (χ4n) is 6.21. The molecule has 8 heteroatoms. The van der Waals surface area contributed by atoms with Crippen LogP contribution in [0.2, 0.25) is 0 Å². The van der Waals surface area contributed by atoms with Crippen molar-refractivity contribution in [3.05, 3.63) is 11.4 Å². The van der Waals surface area contributed by atoms with Crippen LogP contribution in [-0.2, 0) is 21.9 Å². The standard InChI is InChI=1S/C18H28N4O3S/c1-11-17(12(2)22(3)20-11)26(24,25)21-19-16(23)10-18-7-13-4-14(8-18)6-15(5-13)9-18/h13-15,21H,4-10H2,1-3H3,(H,19,23). The van der Waals surface area contributed by atoms with E-state index in [4.69, 9.17) is 0 Å². The maximum Gasteiger partial charge on any atom is 0.261 e. The lowest BCUT2D eigenvalue weighted by Crippen LogP contribution is -2.50.